The number of aryl methyl sites for hydroxylation is 1. The molecule has 0 aliphatic carbocycles. The van der Waals surface area contributed by atoms with Gasteiger partial charge < -0.3 is 10.5 Å². The van der Waals surface area contributed by atoms with Crippen molar-refractivity contribution in [3.8, 4) is 5.75 Å². The van der Waals surface area contributed by atoms with Crippen LogP contribution >= 0.6 is 15.9 Å². The van der Waals surface area contributed by atoms with Crippen molar-refractivity contribution in [1.82, 2.24) is 9.78 Å². The lowest BCUT2D eigenvalue weighted by Gasteiger charge is -2.29. The van der Waals surface area contributed by atoms with Crippen molar-refractivity contribution in [3.63, 3.8) is 0 Å². The van der Waals surface area contributed by atoms with Gasteiger partial charge in [0.15, 0.2) is 0 Å². The van der Waals surface area contributed by atoms with Crippen LogP contribution in [0, 0.1) is 5.92 Å². The molecule has 0 bridgehead atoms. The predicted molar refractivity (Wildman–Crippen MR) is 77.0 cm³/mol. The second-order valence-electron chi connectivity index (χ2n) is 4.91. The number of nitrogens with zero attached hydrogens (tertiary/aromatic N) is 2. The molecule has 2 aromatic rings. The minimum atomic E-state index is -0.0877. The zero-order valence-electron chi connectivity index (χ0n) is 10.7. The number of para-hydroxylation sites is 1. The number of fused-ring (bicyclic) bond motifs is 1. The van der Waals surface area contributed by atoms with Gasteiger partial charge in [-0.2, -0.15) is 5.10 Å². The van der Waals surface area contributed by atoms with Crippen LogP contribution in [0.4, 0.5) is 0 Å². The van der Waals surface area contributed by atoms with Crippen LogP contribution in [-0.4, -0.2) is 16.4 Å². The lowest BCUT2D eigenvalue weighted by Crippen LogP contribution is -2.32. The molecule has 2 N–H and O–H groups in total. The van der Waals surface area contributed by atoms with Crippen LogP contribution in [-0.2, 0) is 13.5 Å². The molecule has 3 rings (SSSR count). The van der Waals surface area contributed by atoms with Gasteiger partial charge in [-0.3, -0.25) is 4.68 Å². The summed E-state index contributed by atoms with van der Waals surface area (Å²) < 4.78 is 8.60. The number of benzene rings is 1. The van der Waals surface area contributed by atoms with Crippen molar-refractivity contribution < 1.29 is 4.74 Å². The zero-order chi connectivity index (χ0) is 13.4. The Bertz CT molecular complexity index is 577. The highest BCUT2D eigenvalue weighted by Gasteiger charge is 2.29. The van der Waals surface area contributed by atoms with E-state index in [0.29, 0.717) is 6.61 Å². The summed E-state index contributed by atoms with van der Waals surface area (Å²) >= 11 is 3.51. The molecule has 2 atom stereocenters. The fourth-order valence-electron chi connectivity index (χ4n) is 2.60. The lowest BCUT2D eigenvalue weighted by atomic mass is 9.89. The van der Waals surface area contributed by atoms with E-state index < -0.39 is 0 Å². The first-order valence-electron chi connectivity index (χ1n) is 6.30. The van der Waals surface area contributed by atoms with Gasteiger partial charge in [-0.05, 0) is 34.0 Å². The fourth-order valence-corrected chi connectivity index (χ4v) is 3.21. The molecule has 5 heteroatoms. The molecule has 1 aromatic carbocycles. The standard InChI is InChI=1S/C14H16BrN3O/c1-18-14(11(15)7-17-18)13(16)10-6-9-4-2-3-5-12(9)19-8-10/h2-5,7,10,13H,6,8,16H2,1H3. The third kappa shape index (κ3) is 2.28. The molecule has 0 fully saturated rings. The summed E-state index contributed by atoms with van der Waals surface area (Å²) in [5.74, 6) is 1.25. The first-order valence-corrected chi connectivity index (χ1v) is 7.10. The topological polar surface area (TPSA) is 53.1 Å². The minimum Gasteiger partial charge on any atom is -0.493 e. The van der Waals surface area contributed by atoms with Crippen LogP contribution in [0.25, 0.3) is 0 Å². The number of aromatic nitrogens is 2. The van der Waals surface area contributed by atoms with E-state index in [-0.39, 0.29) is 12.0 Å². The number of hydrogen-bond donors (Lipinski definition) is 1. The Morgan fingerprint density at radius 3 is 3.00 bits per heavy atom. The highest BCUT2D eigenvalue weighted by molar-refractivity contribution is 9.10. The molecule has 0 radical (unpaired) electrons. The molecule has 0 saturated carbocycles. The molecule has 2 unspecified atom stereocenters. The van der Waals surface area contributed by atoms with E-state index in [4.69, 9.17) is 10.5 Å². The van der Waals surface area contributed by atoms with Crippen LogP contribution in [0.15, 0.2) is 34.9 Å². The third-order valence-electron chi connectivity index (χ3n) is 3.67. The summed E-state index contributed by atoms with van der Waals surface area (Å²) in [6.45, 7) is 0.649. The highest BCUT2D eigenvalue weighted by atomic mass is 79.9. The van der Waals surface area contributed by atoms with Crippen LogP contribution in [0.3, 0.4) is 0 Å². The average Bonchev–Trinajstić information content (AvgIpc) is 2.77. The first-order chi connectivity index (χ1) is 9.16. The smallest absolute Gasteiger partial charge is 0.122 e. The Labute approximate surface area is 120 Å². The quantitative estimate of drug-likeness (QED) is 0.924. The second kappa shape index (κ2) is 4.98. The van der Waals surface area contributed by atoms with E-state index >= 15 is 0 Å². The van der Waals surface area contributed by atoms with Crippen molar-refractivity contribution in [3.05, 3.63) is 46.2 Å². The highest BCUT2D eigenvalue weighted by Crippen LogP contribution is 2.34. The molecule has 0 spiro atoms. The number of hydrogen-bond acceptors (Lipinski definition) is 3. The second-order valence-corrected chi connectivity index (χ2v) is 5.76. The van der Waals surface area contributed by atoms with Crippen molar-refractivity contribution >= 4 is 15.9 Å². The van der Waals surface area contributed by atoms with Gasteiger partial charge in [-0.25, -0.2) is 0 Å². The normalized spacial score (nSPS) is 19.6. The van der Waals surface area contributed by atoms with Gasteiger partial charge in [-0.1, -0.05) is 18.2 Å². The van der Waals surface area contributed by atoms with Crippen LogP contribution < -0.4 is 10.5 Å². The molecule has 100 valence electrons. The first kappa shape index (κ1) is 12.7. The molecular weight excluding hydrogens is 306 g/mol. The van der Waals surface area contributed by atoms with Crippen LogP contribution in [0.5, 0.6) is 5.75 Å². The van der Waals surface area contributed by atoms with E-state index in [1.54, 1.807) is 6.20 Å². The summed E-state index contributed by atoms with van der Waals surface area (Å²) in [7, 11) is 1.91. The monoisotopic (exact) mass is 321 g/mol. The number of rotatable bonds is 2. The molecule has 2 heterocycles. The van der Waals surface area contributed by atoms with Crippen molar-refractivity contribution in [2.45, 2.75) is 12.5 Å². The van der Waals surface area contributed by atoms with E-state index in [1.807, 2.05) is 29.9 Å². The molecule has 1 aliphatic rings. The molecular formula is C14H16BrN3O. The Kier molecular flexibility index (Phi) is 3.33. The summed E-state index contributed by atoms with van der Waals surface area (Å²) in [6, 6.07) is 8.06. The maximum Gasteiger partial charge on any atom is 0.122 e. The predicted octanol–water partition coefficient (Wildman–Crippen LogP) is 2.43. The molecule has 19 heavy (non-hydrogen) atoms. The van der Waals surface area contributed by atoms with Crippen LogP contribution in [0.2, 0.25) is 0 Å². The van der Waals surface area contributed by atoms with E-state index in [0.717, 1.165) is 22.3 Å². The molecule has 1 aliphatic heterocycles. The summed E-state index contributed by atoms with van der Waals surface area (Å²) in [5.41, 5.74) is 8.65. The largest absolute Gasteiger partial charge is 0.493 e. The van der Waals surface area contributed by atoms with E-state index in [1.165, 1.54) is 5.56 Å². The fraction of sp³-hybridized carbons (Fsp3) is 0.357. The Morgan fingerprint density at radius 1 is 1.47 bits per heavy atom. The van der Waals surface area contributed by atoms with Crippen molar-refractivity contribution in [1.29, 1.82) is 0 Å². The minimum absolute atomic E-state index is 0.0877. The average molecular weight is 322 g/mol. The summed E-state index contributed by atoms with van der Waals surface area (Å²) in [4.78, 5) is 0. The van der Waals surface area contributed by atoms with Gasteiger partial charge in [0.05, 0.1) is 29.0 Å². The molecule has 0 amide bonds. The number of halogens is 1. The lowest BCUT2D eigenvalue weighted by molar-refractivity contribution is 0.196. The maximum atomic E-state index is 6.40. The van der Waals surface area contributed by atoms with Crippen LogP contribution in [0.1, 0.15) is 17.3 Å². The van der Waals surface area contributed by atoms with Gasteiger partial charge >= 0.3 is 0 Å². The van der Waals surface area contributed by atoms with Gasteiger partial charge in [0.1, 0.15) is 5.75 Å². The Balaban J connectivity index is 1.85. The van der Waals surface area contributed by atoms with E-state index in [9.17, 15) is 0 Å². The van der Waals surface area contributed by atoms with Gasteiger partial charge in [0, 0.05) is 13.0 Å². The third-order valence-corrected chi connectivity index (χ3v) is 4.28. The Hall–Kier alpha value is -1.33. The molecule has 0 saturated heterocycles. The summed E-state index contributed by atoms with van der Waals surface area (Å²) in [5, 5.41) is 4.23. The van der Waals surface area contributed by atoms with Gasteiger partial charge in [0.2, 0.25) is 0 Å². The summed E-state index contributed by atoms with van der Waals surface area (Å²) in [6.07, 6.45) is 2.72. The molecule has 1 aromatic heterocycles. The zero-order valence-corrected chi connectivity index (χ0v) is 12.3. The SMILES string of the molecule is Cn1ncc(Br)c1C(N)C1COc2ccccc2C1. The van der Waals surface area contributed by atoms with Gasteiger partial charge in [-0.15, -0.1) is 0 Å². The van der Waals surface area contributed by atoms with Crippen molar-refractivity contribution in [2.24, 2.45) is 18.7 Å². The molecule has 4 nitrogen and oxygen atoms in total. The van der Waals surface area contributed by atoms with Gasteiger partial charge in [0.25, 0.3) is 0 Å². The number of ether oxygens (including phenoxy) is 1. The maximum absolute atomic E-state index is 6.40. The number of nitrogens with two attached hydrogens (primary N) is 1. The Morgan fingerprint density at radius 2 is 2.26 bits per heavy atom. The van der Waals surface area contributed by atoms with E-state index in [2.05, 4.69) is 27.1 Å². The van der Waals surface area contributed by atoms with Crippen molar-refractivity contribution in [2.75, 3.05) is 6.61 Å².